The second-order valence-electron chi connectivity index (χ2n) is 20.4. The van der Waals surface area contributed by atoms with Gasteiger partial charge in [0, 0.05) is 24.2 Å². The molecular formula is C53H65OP. The van der Waals surface area contributed by atoms with Crippen molar-refractivity contribution in [1.82, 2.24) is 0 Å². The van der Waals surface area contributed by atoms with E-state index in [1.807, 2.05) is 0 Å². The molecule has 6 rings (SSSR count). The molecule has 55 heavy (non-hydrogen) atoms. The molecule has 0 bridgehead atoms. The van der Waals surface area contributed by atoms with Crippen LogP contribution in [0.1, 0.15) is 152 Å². The summed E-state index contributed by atoms with van der Waals surface area (Å²) >= 11 is 0. The maximum atomic E-state index is 14.6. The first-order valence-corrected chi connectivity index (χ1v) is 21.9. The first-order valence-electron chi connectivity index (χ1n) is 20.4. The maximum absolute atomic E-state index is 14.6. The number of hydrogen-bond acceptors (Lipinski definition) is 1. The third-order valence-corrected chi connectivity index (χ3v) is 15.1. The molecule has 1 nitrogen and oxygen atoms in total. The van der Waals surface area contributed by atoms with Gasteiger partial charge in [-0.25, -0.2) is 0 Å². The molecule has 0 radical (unpaired) electrons. The van der Waals surface area contributed by atoms with E-state index in [1.54, 1.807) is 0 Å². The molecule has 0 spiro atoms. The van der Waals surface area contributed by atoms with E-state index in [-0.39, 0.29) is 33.0 Å². The van der Waals surface area contributed by atoms with Gasteiger partial charge in [0.05, 0.1) is 0 Å². The lowest BCUT2D eigenvalue weighted by molar-refractivity contribution is -0.119. The molecule has 1 heterocycles. The smallest absolute Gasteiger partial charge is 0.134 e. The summed E-state index contributed by atoms with van der Waals surface area (Å²) in [6.45, 7) is 32.4. The minimum Gasteiger partial charge on any atom is -0.300 e. The van der Waals surface area contributed by atoms with Gasteiger partial charge in [0.1, 0.15) is 5.78 Å². The van der Waals surface area contributed by atoms with Crippen LogP contribution in [0.2, 0.25) is 0 Å². The third-order valence-electron chi connectivity index (χ3n) is 11.8. The lowest BCUT2D eigenvalue weighted by atomic mass is 9.78. The highest BCUT2D eigenvalue weighted by Crippen LogP contribution is 2.68. The van der Waals surface area contributed by atoms with Crippen molar-refractivity contribution in [2.75, 3.05) is 0 Å². The van der Waals surface area contributed by atoms with Crippen LogP contribution in [-0.2, 0) is 26.5 Å². The molecular weight excluding hydrogens is 684 g/mol. The van der Waals surface area contributed by atoms with Gasteiger partial charge in [0.2, 0.25) is 0 Å². The molecule has 1 aliphatic heterocycles. The van der Waals surface area contributed by atoms with Crippen molar-refractivity contribution in [2.24, 2.45) is 0 Å². The lowest BCUT2D eigenvalue weighted by Crippen LogP contribution is -2.27. The number of carbonyl (C=O) groups excluding carboxylic acids is 1. The van der Waals surface area contributed by atoms with E-state index in [2.05, 4.69) is 200 Å². The molecule has 2 unspecified atom stereocenters. The van der Waals surface area contributed by atoms with Crippen molar-refractivity contribution in [1.29, 1.82) is 0 Å². The second kappa shape index (κ2) is 14.9. The Morgan fingerprint density at radius 2 is 0.745 bits per heavy atom. The highest BCUT2D eigenvalue weighted by molar-refractivity contribution is 7.67. The largest absolute Gasteiger partial charge is 0.300 e. The van der Waals surface area contributed by atoms with Crippen LogP contribution in [0.15, 0.2) is 103 Å². The predicted octanol–water partition coefficient (Wildman–Crippen LogP) is 14.8. The fourth-order valence-corrected chi connectivity index (χ4v) is 12.0. The number of carbonyl (C=O) groups is 1. The minimum absolute atomic E-state index is 0.0368. The summed E-state index contributed by atoms with van der Waals surface area (Å²) in [4.78, 5) is 14.6. The van der Waals surface area contributed by atoms with Crippen LogP contribution < -0.4 is 5.30 Å². The summed E-state index contributed by atoms with van der Waals surface area (Å²) in [6.07, 6.45) is 1.11. The van der Waals surface area contributed by atoms with Crippen LogP contribution >= 0.6 is 7.92 Å². The van der Waals surface area contributed by atoms with Crippen molar-refractivity contribution in [3.8, 4) is 22.3 Å². The summed E-state index contributed by atoms with van der Waals surface area (Å²) in [5, 5.41) is 1.43. The van der Waals surface area contributed by atoms with Crippen LogP contribution in [0.5, 0.6) is 0 Å². The van der Waals surface area contributed by atoms with Crippen LogP contribution in [0.3, 0.4) is 0 Å². The molecule has 5 aromatic rings. The van der Waals surface area contributed by atoms with Crippen molar-refractivity contribution < 1.29 is 4.79 Å². The van der Waals surface area contributed by atoms with E-state index in [4.69, 9.17) is 0 Å². The van der Waals surface area contributed by atoms with E-state index in [0.29, 0.717) is 18.6 Å². The molecule has 2 heteroatoms. The zero-order valence-electron chi connectivity index (χ0n) is 36.2. The Labute approximate surface area is 335 Å². The van der Waals surface area contributed by atoms with Gasteiger partial charge in [-0.15, -0.1) is 0 Å². The van der Waals surface area contributed by atoms with Gasteiger partial charge in [-0.05, 0) is 108 Å². The summed E-state index contributed by atoms with van der Waals surface area (Å²) in [7, 11) is -1.00. The number of aryl methyl sites for hydroxylation is 2. The molecule has 0 saturated carbocycles. The zero-order valence-corrected chi connectivity index (χ0v) is 37.1. The predicted molar refractivity (Wildman–Crippen MR) is 241 cm³/mol. The van der Waals surface area contributed by atoms with Gasteiger partial charge in [-0.3, -0.25) is 4.79 Å². The summed E-state index contributed by atoms with van der Waals surface area (Å²) in [5.41, 5.74) is 15.7. The SMILES string of the molecule is Cc1ccccc1-c1cccc(-c2ccccc2C)c1P1C(c2cc(C(C)(C)C)cc(C(C)(C)C)c2)CC(=O)CC1c1cc(C(C)(C)C)cc(C(C)(C)C)c1. The van der Waals surface area contributed by atoms with Crippen molar-refractivity contribution >= 4 is 19.0 Å². The lowest BCUT2D eigenvalue weighted by Gasteiger charge is -2.42. The van der Waals surface area contributed by atoms with Gasteiger partial charge in [0.15, 0.2) is 0 Å². The second-order valence-corrected chi connectivity index (χ2v) is 22.9. The number of benzene rings is 5. The third kappa shape index (κ3) is 8.64. The molecule has 0 N–H and O–H groups in total. The highest BCUT2D eigenvalue weighted by atomic mass is 31.1. The van der Waals surface area contributed by atoms with E-state index in [1.165, 1.54) is 72.1 Å². The summed E-state index contributed by atoms with van der Waals surface area (Å²) < 4.78 is 0. The van der Waals surface area contributed by atoms with Crippen molar-refractivity contribution in [3.63, 3.8) is 0 Å². The number of ketones is 1. The number of hydrogen-bond donors (Lipinski definition) is 0. The molecule has 1 fully saturated rings. The van der Waals surface area contributed by atoms with E-state index >= 15 is 0 Å². The van der Waals surface area contributed by atoms with Crippen LogP contribution in [0.25, 0.3) is 22.3 Å². The molecule has 1 aliphatic rings. The zero-order chi connectivity index (χ0) is 40.2. The normalized spacial score (nSPS) is 18.4. The first kappa shape index (κ1) is 40.9. The van der Waals surface area contributed by atoms with Crippen LogP contribution in [0.4, 0.5) is 0 Å². The Bertz CT molecular complexity index is 1990. The van der Waals surface area contributed by atoms with Gasteiger partial charge >= 0.3 is 0 Å². The van der Waals surface area contributed by atoms with Gasteiger partial charge in [-0.1, -0.05) is 194 Å². The molecule has 288 valence electrons. The molecule has 0 aromatic heterocycles. The Morgan fingerprint density at radius 1 is 0.436 bits per heavy atom. The van der Waals surface area contributed by atoms with E-state index < -0.39 is 7.92 Å². The maximum Gasteiger partial charge on any atom is 0.134 e. The number of Topliss-reactive ketones (excluding diaryl/α,β-unsaturated/α-hetero) is 1. The molecule has 0 aliphatic carbocycles. The van der Waals surface area contributed by atoms with Gasteiger partial charge < -0.3 is 0 Å². The minimum atomic E-state index is -1.00. The van der Waals surface area contributed by atoms with E-state index in [0.717, 1.165) is 0 Å². The average molecular weight is 749 g/mol. The number of rotatable bonds is 5. The van der Waals surface area contributed by atoms with Gasteiger partial charge in [0.25, 0.3) is 0 Å². The Morgan fingerprint density at radius 3 is 1.05 bits per heavy atom. The molecule has 0 amide bonds. The fourth-order valence-electron chi connectivity index (χ4n) is 8.22. The van der Waals surface area contributed by atoms with Crippen LogP contribution in [-0.4, -0.2) is 5.78 Å². The summed E-state index contributed by atoms with van der Waals surface area (Å²) in [6, 6.07) is 39.5. The Balaban J connectivity index is 1.78. The average Bonchev–Trinajstić information content (AvgIpc) is 3.09. The fraction of sp³-hybridized carbons (Fsp3) is 0.415. The highest BCUT2D eigenvalue weighted by Gasteiger charge is 2.43. The summed E-state index contributed by atoms with van der Waals surface area (Å²) in [5.74, 6) is 0.372. The quantitative estimate of drug-likeness (QED) is 0.164. The topological polar surface area (TPSA) is 17.1 Å². The molecule has 2 atom stereocenters. The van der Waals surface area contributed by atoms with Gasteiger partial charge in [-0.2, -0.15) is 0 Å². The van der Waals surface area contributed by atoms with Crippen molar-refractivity contribution in [3.05, 3.63) is 148 Å². The standard InChI is InChI=1S/C53H65OP/c1-34-20-15-17-22-43(34)45-24-19-25-46(44-23-18-16-21-35(44)2)49(45)55-47(36-26-38(50(3,4)5)30-39(27-36)51(6,7)8)32-42(54)33-48(55)37-28-40(52(9,10)11)31-41(29-37)53(12,13)14/h15-31,47-48H,32-33H2,1-14H3. The van der Waals surface area contributed by atoms with Crippen molar-refractivity contribution in [2.45, 2.75) is 143 Å². The molecule has 5 aromatic carbocycles. The van der Waals surface area contributed by atoms with E-state index in [9.17, 15) is 4.79 Å². The van der Waals surface area contributed by atoms with Crippen LogP contribution in [0, 0.1) is 13.8 Å². The first-order chi connectivity index (χ1) is 25.5. The Kier molecular flexibility index (Phi) is 11.1. The Hall–Kier alpha value is -3.80. The molecule has 1 saturated heterocycles. The monoisotopic (exact) mass is 748 g/mol.